The highest BCUT2D eigenvalue weighted by Gasteiger charge is 2.16. The Morgan fingerprint density at radius 1 is 1.25 bits per heavy atom. The number of alkyl halides is 2. The average molecular weight is 323 g/mol. The molecule has 0 radical (unpaired) electrons. The molecular weight excluding hydrogens is 320 g/mol. The van der Waals surface area contributed by atoms with Crippen LogP contribution in [0.2, 0.25) is 10.0 Å². The van der Waals surface area contributed by atoms with Gasteiger partial charge in [0.1, 0.15) is 0 Å². The largest absolute Gasteiger partial charge is 0.266 e. The second-order valence-electron chi connectivity index (χ2n) is 2.08. The molecule has 0 N–H and O–H groups in total. The number of benzene rings is 1. The Labute approximate surface area is 92.0 Å². The smallest absolute Gasteiger partial charge is 0.205 e. The molecule has 0 unspecified atom stereocenters. The van der Waals surface area contributed by atoms with E-state index in [2.05, 4.69) is 0 Å². The second kappa shape index (κ2) is 4.07. The van der Waals surface area contributed by atoms with Gasteiger partial charge in [-0.15, -0.1) is 0 Å². The lowest BCUT2D eigenvalue weighted by molar-refractivity contribution is 0.150. The summed E-state index contributed by atoms with van der Waals surface area (Å²) in [5, 5.41) is 0.385. The van der Waals surface area contributed by atoms with Crippen LogP contribution in [-0.2, 0) is 0 Å². The monoisotopic (exact) mass is 322 g/mol. The summed E-state index contributed by atoms with van der Waals surface area (Å²) in [6.07, 6.45) is -2.55. The van der Waals surface area contributed by atoms with Crippen molar-refractivity contribution in [3.05, 3.63) is 31.3 Å². The molecule has 1 rings (SSSR count). The van der Waals surface area contributed by atoms with E-state index < -0.39 is 6.43 Å². The lowest BCUT2D eigenvalue weighted by atomic mass is 10.2. The molecule has 0 spiro atoms. The number of hydrogen-bond donors (Lipinski definition) is 0. The van der Waals surface area contributed by atoms with Crippen molar-refractivity contribution < 1.29 is 8.78 Å². The van der Waals surface area contributed by atoms with Crippen LogP contribution in [0.1, 0.15) is 12.0 Å². The summed E-state index contributed by atoms with van der Waals surface area (Å²) in [7, 11) is 0. The molecule has 0 amide bonds. The summed E-state index contributed by atoms with van der Waals surface area (Å²) >= 11 is 12.9. The molecule has 0 saturated carbocycles. The van der Waals surface area contributed by atoms with Gasteiger partial charge in [0.05, 0.1) is 5.02 Å². The zero-order chi connectivity index (χ0) is 9.30. The normalized spacial score (nSPS) is 10.8. The van der Waals surface area contributed by atoms with E-state index in [0.29, 0.717) is 8.59 Å². The van der Waals surface area contributed by atoms with Crippen molar-refractivity contribution in [1.82, 2.24) is 0 Å². The summed E-state index contributed by atoms with van der Waals surface area (Å²) in [6, 6.07) is 2.77. The van der Waals surface area contributed by atoms with Crippen LogP contribution >= 0.6 is 45.8 Å². The van der Waals surface area contributed by atoms with Gasteiger partial charge in [0.25, 0.3) is 6.43 Å². The van der Waals surface area contributed by atoms with Crippen molar-refractivity contribution in [2.45, 2.75) is 6.43 Å². The number of hydrogen-bond acceptors (Lipinski definition) is 0. The molecule has 0 atom stereocenters. The van der Waals surface area contributed by atoms with Crippen LogP contribution in [-0.4, -0.2) is 0 Å². The molecule has 0 saturated heterocycles. The van der Waals surface area contributed by atoms with E-state index in [1.807, 2.05) is 0 Å². The first-order chi connectivity index (χ1) is 5.52. The highest BCUT2D eigenvalue weighted by atomic mass is 127. The predicted octanol–water partition coefficient (Wildman–Crippen LogP) is 4.54. The summed E-state index contributed by atoms with van der Waals surface area (Å²) in [5.74, 6) is 0. The van der Waals surface area contributed by atoms with Crippen molar-refractivity contribution in [2.24, 2.45) is 0 Å². The summed E-state index contributed by atoms with van der Waals surface area (Å²) in [6.45, 7) is 0. The van der Waals surface area contributed by atoms with Crippen molar-refractivity contribution in [2.75, 3.05) is 0 Å². The van der Waals surface area contributed by atoms with Crippen LogP contribution in [0.15, 0.2) is 12.1 Å². The van der Waals surface area contributed by atoms with E-state index in [1.165, 1.54) is 12.1 Å². The average Bonchev–Trinajstić information content (AvgIpc) is 1.82. The molecule has 5 heteroatoms. The maximum absolute atomic E-state index is 12.3. The minimum Gasteiger partial charge on any atom is -0.205 e. The van der Waals surface area contributed by atoms with E-state index in [-0.39, 0.29) is 10.6 Å². The third-order valence-electron chi connectivity index (χ3n) is 1.26. The molecule has 12 heavy (non-hydrogen) atoms. The first-order valence-electron chi connectivity index (χ1n) is 2.95. The van der Waals surface area contributed by atoms with Gasteiger partial charge < -0.3 is 0 Å². The van der Waals surface area contributed by atoms with E-state index in [1.54, 1.807) is 22.6 Å². The molecule has 0 heterocycles. The quantitative estimate of drug-likeness (QED) is 0.666. The summed E-state index contributed by atoms with van der Waals surface area (Å²) < 4.78 is 25.0. The van der Waals surface area contributed by atoms with Gasteiger partial charge in [-0.2, -0.15) is 0 Å². The van der Waals surface area contributed by atoms with Crippen LogP contribution in [0, 0.1) is 3.57 Å². The maximum Gasteiger partial charge on any atom is 0.266 e. The van der Waals surface area contributed by atoms with Gasteiger partial charge in [0, 0.05) is 14.2 Å². The Morgan fingerprint density at radius 2 is 1.83 bits per heavy atom. The molecule has 0 aliphatic heterocycles. The van der Waals surface area contributed by atoms with Crippen LogP contribution in [0.5, 0.6) is 0 Å². The van der Waals surface area contributed by atoms with E-state index >= 15 is 0 Å². The zero-order valence-corrected chi connectivity index (χ0v) is 9.29. The van der Waals surface area contributed by atoms with Crippen molar-refractivity contribution >= 4 is 45.8 Å². The first-order valence-corrected chi connectivity index (χ1v) is 4.78. The van der Waals surface area contributed by atoms with Crippen LogP contribution in [0.3, 0.4) is 0 Å². The Kier molecular flexibility index (Phi) is 3.55. The van der Waals surface area contributed by atoms with E-state index in [9.17, 15) is 8.78 Å². The highest BCUT2D eigenvalue weighted by molar-refractivity contribution is 14.1. The van der Waals surface area contributed by atoms with Crippen molar-refractivity contribution in [3.8, 4) is 0 Å². The molecule has 0 nitrogen and oxygen atoms in total. The lowest BCUT2D eigenvalue weighted by Crippen LogP contribution is -1.90. The fraction of sp³-hybridized carbons (Fsp3) is 0.143. The molecule has 0 aliphatic rings. The summed E-state index contributed by atoms with van der Waals surface area (Å²) in [4.78, 5) is 0. The SMILES string of the molecule is FC(F)c1c(Cl)cc(Cl)cc1I. The molecule has 1 aromatic carbocycles. The van der Waals surface area contributed by atoms with Crippen molar-refractivity contribution in [3.63, 3.8) is 0 Å². The Bertz CT molecular complexity index is 278. The van der Waals surface area contributed by atoms with E-state index in [0.717, 1.165) is 0 Å². The first kappa shape index (κ1) is 10.5. The van der Waals surface area contributed by atoms with Gasteiger partial charge in [0.2, 0.25) is 0 Å². The van der Waals surface area contributed by atoms with Gasteiger partial charge in [0.15, 0.2) is 0 Å². The molecular formula is C7H3Cl2F2I. The molecule has 0 bridgehead atoms. The van der Waals surface area contributed by atoms with Crippen LogP contribution in [0.4, 0.5) is 8.78 Å². The highest BCUT2D eigenvalue weighted by Crippen LogP contribution is 2.33. The number of rotatable bonds is 1. The lowest BCUT2D eigenvalue weighted by Gasteiger charge is -2.05. The van der Waals surface area contributed by atoms with Gasteiger partial charge in [-0.05, 0) is 34.7 Å². The molecule has 66 valence electrons. The second-order valence-corrected chi connectivity index (χ2v) is 4.09. The Hall–Kier alpha value is 0.390. The maximum atomic E-state index is 12.3. The fourth-order valence-electron chi connectivity index (χ4n) is 0.762. The topological polar surface area (TPSA) is 0 Å². The third kappa shape index (κ3) is 2.20. The van der Waals surface area contributed by atoms with E-state index in [4.69, 9.17) is 23.2 Å². The van der Waals surface area contributed by atoms with Crippen LogP contribution in [0.25, 0.3) is 0 Å². The molecule has 0 fully saturated rings. The number of halogens is 5. The van der Waals surface area contributed by atoms with Crippen molar-refractivity contribution in [1.29, 1.82) is 0 Å². The standard InChI is InChI=1S/C7H3Cl2F2I/c8-3-1-4(9)6(7(10)11)5(12)2-3/h1-2,7H. The molecule has 0 aliphatic carbocycles. The minimum atomic E-state index is -2.55. The third-order valence-corrected chi connectivity index (χ3v) is 2.69. The predicted molar refractivity (Wildman–Crippen MR) is 54.1 cm³/mol. The Morgan fingerprint density at radius 3 is 2.25 bits per heavy atom. The van der Waals surface area contributed by atoms with Gasteiger partial charge >= 0.3 is 0 Å². The summed E-state index contributed by atoms with van der Waals surface area (Å²) in [5.41, 5.74) is -0.151. The van der Waals surface area contributed by atoms with Gasteiger partial charge in [-0.3, -0.25) is 0 Å². The fourth-order valence-corrected chi connectivity index (χ4v) is 2.54. The molecule has 0 aromatic heterocycles. The van der Waals surface area contributed by atoms with Gasteiger partial charge in [-0.25, -0.2) is 8.78 Å². The van der Waals surface area contributed by atoms with Gasteiger partial charge in [-0.1, -0.05) is 23.2 Å². The molecule has 1 aromatic rings. The van der Waals surface area contributed by atoms with Crippen LogP contribution < -0.4 is 0 Å². The zero-order valence-electron chi connectivity index (χ0n) is 5.62. The minimum absolute atomic E-state index is 0.0156. The Balaban J connectivity index is 3.28.